The largest absolute Gasteiger partial charge is 0.324 e. The van der Waals surface area contributed by atoms with Gasteiger partial charge in [0, 0.05) is 22.6 Å². The van der Waals surface area contributed by atoms with Gasteiger partial charge in [-0.15, -0.1) is 11.8 Å². The summed E-state index contributed by atoms with van der Waals surface area (Å²) in [6, 6.07) is 8.63. The van der Waals surface area contributed by atoms with Crippen LogP contribution in [-0.2, 0) is 0 Å². The van der Waals surface area contributed by atoms with E-state index in [1.807, 2.05) is 18.7 Å². The fourth-order valence-electron chi connectivity index (χ4n) is 1.83. The fraction of sp³-hybridized carbons (Fsp3) is 0.333. The molecule has 0 aromatic heterocycles. The van der Waals surface area contributed by atoms with Crippen LogP contribution in [0.1, 0.15) is 18.4 Å². The highest BCUT2D eigenvalue weighted by Crippen LogP contribution is 2.41. The molecule has 14 heavy (non-hydrogen) atoms. The van der Waals surface area contributed by atoms with Gasteiger partial charge in [-0.2, -0.15) is 0 Å². The Bertz CT molecular complexity index is 359. The molecule has 1 aromatic carbocycles. The molecule has 1 nitrogen and oxygen atoms in total. The average Bonchev–Trinajstić information content (AvgIpc) is 2.60. The van der Waals surface area contributed by atoms with Crippen LogP contribution >= 0.6 is 11.8 Å². The molecule has 0 radical (unpaired) electrons. The van der Waals surface area contributed by atoms with E-state index in [0.29, 0.717) is 5.92 Å². The highest BCUT2D eigenvalue weighted by molar-refractivity contribution is 7.99. The molecule has 2 atom stereocenters. The minimum Gasteiger partial charge on any atom is -0.324 e. The minimum atomic E-state index is 0.103. The van der Waals surface area contributed by atoms with Crippen molar-refractivity contribution in [3.8, 4) is 0 Å². The first-order valence-electron chi connectivity index (χ1n) is 4.83. The number of fused-ring (bicyclic) bond motifs is 1. The normalized spacial score (nSPS) is 21.7. The van der Waals surface area contributed by atoms with E-state index in [-0.39, 0.29) is 6.04 Å². The lowest BCUT2D eigenvalue weighted by Gasteiger charge is -2.19. The van der Waals surface area contributed by atoms with Crippen LogP contribution in [0.15, 0.2) is 41.3 Å². The molecular weight excluding hydrogens is 190 g/mol. The monoisotopic (exact) mass is 205 g/mol. The first kappa shape index (κ1) is 9.81. The van der Waals surface area contributed by atoms with Crippen LogP contribution in [0.5, 0.6) is 0 Å². The van der Waals surface area contributed by atoms with E-state index >= 15 is 0 Å². The van der Waals surface area contributed by atoms with E-state index < -0.39 is 0 Å². The minimum absolute atomic E-state index is 0.103. The molecule has 0 saturated carbocycles. The van der Waals surface area contributed by atoms with Crippen molar-refractivity contribution in [3.05, 3.63) is 42.0 Å². The molecule has 2 unspecified atom stereocenters. The van der Waals surface area contributed by atoms with E-state index in [9.17, 15) is 0 Å². The van der Waals surface area contributed by atoms with Crippen molar-refractivity contribution in [3.63, 3.8) is 0 Å². The number of rotatable bonds is 2. The highest BCUT2D eigenvalue weighted by Gasteiger charge is 2.27. The number of thioether (sulfide) groups is 1. The van der Waals surface area contributed by atoms with Crippen LogP contribution in [0.4, 0.5) is 0 Å². The van der Waals surface area contributed by atoms with Gasteiger partial charge >= 0.3 is 0 Å². The summed E-state index contributed by atoms with van der Waals surface area (Å²) in [6.07, 6.45) is 0. The molecule has 1 aliphatic heterocycles. The molecule has 0 fully saturated rings. The topological polar surface area (TPSA) is 26.0 Å². The van der Waals surface area contributed by atoms with Crippen molar-refractivity contribution in [1.82, 2.24) is 0 Å². The molecule has 74 valence electrons. The first-order chi connectivity index (χ1) is 6.70. The lowest BCUT2D eigenvalue weighted by molar-refractivity contribution is 0.646. The molecule has 1 aliphatic rings. The summed E-state index contributed by atoms with van der Waals surface area (Å²) < 4.78 is 0. The number of nitrogens with two attached hydrogens (primary N) is 1. The zero-order valence-corrected chi connectivity index (χ0v) is 9.18. The van der Waals surface area contributed by atoms with Gasteiger partial charge < -0.3 is 5.73 Å². The summed E-state index contributed by atoms with van der Waals surface area (Å²) in [5.74, 6) is 1.54. The van der Waals surface area contributed by atoms with Gasteiger partial charge in [0.1, 0.15) is 0 Å². The number of benzene rings is 1. The van der Waals surface area contributed by atoms with Gasteiger partial charge in [0.15, 0.2) is 0 Å². The van der Waals surface area contributed by atoms with Crippen molar-refractivity contribution in [1.29, 1.82) is 0 Å². The Balaban J connectivity index is 2.30. The van der Waals surface area contributed by atoms with E-state index in [1.165, 1.54) is 10.5 Å². The van der Waals surface area contributed by atoms with Gasteiger partial charge in [0.25, 0.3) is 0 Å². The van der Waals surface area contributed by atoms with E-state index in [2.05, 4.69) is 30.8 Å². The summed E-state index contributed by atoms with van der Waals surface area (Å²) in [7, 11) is 0. The zero-order chi connectivity index (χ0) is 10.1. The molecule has 2 heteroatoms. The summed E-state index contributed by atoms with van der Waals surface area (Å²) >= 11 is 1.90. The third-order valence-corrected chi connectivity index (χ3v) is 3.95. The van der Waals surface area contributed by atoms with Crippen molar-refractivity contribution >= 4 is 11.8 Å². The molecule has 0 amide bonds. The third kappa shape index (κ3) is 1.60. The predicted octanol–water partition coefficient (Wildman–Crippen LogP) is 2.78. The summed E-state index contributed by atoms with van der Waals surface area (Å²) in [5.41, 5.74) is 8.60. The lowest BCUT2D eigenvalue weighted by Crippen LogP contribution is -2.29. The van der Waals surface area contributed by atoms with Crippen molar-refractivity contribution in [2.24, 2.45) is 5.73 Å². The predicted molar refractivity (Wildman–Crippen MR) is 62.7 cm³/mol. The summed E-state index contributed by atoms with van der Waals surface area (Å²) in [6.45, 7) is 5.95. The van der Waals surface area contributed by atoms with Gasteiger partial charge in [0.05, 0.1) is 0 Å². The molecular formula is C12H15NS. The molecule has 2 rings (SSSR count). The Hall–Kier alpha value is -0.730. The van der Waals surface area contributed by atoms with Gasteiger partial charge in [-0.25, -0.2) is 0 Å². The standard InChI is InChI=1S/C12H15NS/c1-8(2)12(13)10-7-14-11-6-4-3-5-9(10)11/h3-6,10,12H,1,7,13H2,2H3. The van der Waals surface area contributed by atoms with Gasteiger partial charge in [-0.05, 0) is 18.6 Å². The highest BCUT2D eigenvalue weighted by atomic mass is 32.2. The summed E-state index contributed by atoms with van der Waals surface area (Å²) in [4.78, 5) is 1.38. The Morgan fingerprint density at radius 1 is 1.57 bits per heavy atom. The number of hydrogen-bond acceptors (Lipinski definition) is 2. The maximum atomic E-state index is 6.12. The van der Waals surface area contributed by atoms with Crippen LogP contribution in [0.3, 0.4) is 0 Å². The van der Waals surface area contributed by atoms with Gasteiger partial charge in [-0.1, -0.05) is 30.4 Å². The molecule has 1 aromatic rings. The maximum Gasteiger partial charge on any atom is 0.0326 e. The molecule has 0 saturated heterocycles. The maximum absolute atomic E-state index is 6.12. The van der Waals surface area contributed by atoms with Crippen LogP contribution in [0.25, 0.3) is 0 Å². The van der Waals surface area contributed by atoms with Crippen molar-refractivity contribution in [2.75, 3.05) is 5.75 Å². The SMILES string of the molecule is C=C(C)C(N)C1CSc2ccccc21. The Kier molecular flexibility index (Phi) is 2.66. The Labute approximate surface area is 89.4 Å². The van der Waals surface area contributed by atoms with E-state index in [4.69, 9.17) is 5.73 Å². The van der Waals surface area contributed by atoms with E-state index in [1.54, 1.807) is 0 Å². The Morgan fingerprint density at radius 3 is 3.00 bits per heavy atom. The smallest absolute Gasteiger partial charge is 0.0326 e. The molecule has 0 aliphatic carbocycles. The second-order valence-electron chi connectivity index (χ2n) is 3.83. The molecule has 1 heterocycles. The zero-order valence-electron chi connectivity index (χ0n) is 8.36. The van der Waals surface area contributed by atoms with Crippen LogP contribution in [-0.4, -0.2) is 11.8 Å². The first-order valence-corrected chi connectivity index (χ1v) is 5.81. The fourth-order valence-corrected chi connectivity index (χ4v) is 3.14. The second-order valence-corrected chi connectivity index (χ2v) is 4.89. The van der Waals surface area contributed by atoms with Crippen LogP contribution in [0, 0.1) is 0 Å². The van der Waals surface area contributed by atoms with Gasteiger partial charge in [0.2, 0.25) is 0 Å². The van der Waals surface area contributed by atoms with Crippen LogP contribution < -0.4 is 5.73 Å². The van der Waals surface area contributed by atoms with Crippen molar-refractivity contribution < 1.29 is 0 Å². The quantitative estimate of drug-likeness (QED) is 0.751. The molecule has 0 spiro atoms. The van der Waals surface area contributed by atoms with E-state index in [0.717, 1.165) is 11.3 Å². The third-order valence-electron chi connectivity index (χ3n) is 2.74. The molecule has 2 N–H and O–H groups in total. The van der Waals surface area contributed by atoms with Crippen LogP contribution in [0.2, 0.25) is 0 Å². The lowest BCUT2D eigenvalue weighted by atomic mass is 9.90. The Morgan fingerprint density at radius 2 is 2.29 bits per heavy atom. The number of hydrogen-bond donors (Lipinski definition) is 1. The summed E-state index contributed by atoms with van der Waals surface area (Å²) in [5, 5.41) is 0. The second kappa shape index (κ2) is 3.79. The van der Waals surface area contributed by atoms with Crippen molar-refractivity contribution in [2.45, 2.75) is 23.8 Å². The average molecular weight is 205 g/mol. The molecule has 0 bridgehead atoms. The van der Waals surface area contributed by atoms with Gasteiger partial charge in [-0.3, -0.25) is 0 Å².